The van der Waals surface area contributed by atoms with E-state index in [1.54, 1.807) is 20.0 Å². The van der Waals surface area contributed by atoms with Gasteiger partial charge in [-0.3, -0.25) is 14.1 Å². The van der Waals surface area contributed by atoms with Crippen molar-refractivity contribution in [3.05, 3.63) is 60.4 Å². The van der Waals surface area contributed by atoms with Crippen molar-refractivity contribution in [1.29, 1.82) is 5.26 Å². The maximum Gasteiger partial charge on any atom is 0.432 e. The Morgan fingerprint density at radius 2 is 1.86 bits per heavy atom. The lowest BCUT2D eigenvalue weighted by Gasteiger charge is -2.30. The van der Waals surface area contributed by atoms with Crippen molar-refractivity contribution in [2.75, 3.05) is 18.3 Å². The lowest BCUT2D eigenvalue weighted by molar-refractivity contribution is 0.225. The molecule has 192 valence electrons. The Balaban J connectivity index is 1.56. The highest BCUT2D eigenvalue weighted by molar-refractivity contribution is 7.55. The molecular formula is C27H30N5O4P. The van der Waals surface area contributed by atoms with Crippen molar-refractivity contribution in [3.8, 4) is 29.1 Å². The molecular weight excluding hydrogens is 489 g/mol. The van der Waals surface area contributed by atoms with Gasteiger partial charge in [-0.15, -0.1) is 0 Å². The molecule has 1 saturated carbocycles. The minimum absolute atomic E-state index is 0.265. The second kappa shape index (κ2) is 10.4. The van der Waals surface area contributed by atoms with E-state index in [0.29, 0.717) is 29.1 Å². The lowest BCUT2D eigenvalue weighted by Crippen LogP contribution is -2.17. The fourth-order valence-electron chi connectivity index (χ4n) is 4.63. The van der Waals surface area contributed by atoms with Gasteiger partial charge in [0.05, 0.1) is 30.0 Å². The number of benzene rings is 2. The first-order valence-corrected chi connectivity index (χ1v) is 14.0. The van der Waals surface area contributed by atoms with E-state index in [9.17, 15) is 9.83 Å². The molecule has 2 aromatic carbocycles. The smallest absolute Gasteiger partial charge is 0.425 e. The number of hydrogen-bond donors (Lipinski definition) is 1. The molecule has 0 atom stereocenters. The molecule has 5 rings (SSSR count). The van der Waals surface area contributed by atoms with Crippen LogP contribution in [-0.2, 0) is 20.7 Å². The molecule has 1 N–H and O–H groups in total. The molecule has 10 heteroatoms. The minimum atomic E-state index is -3.45. The number of ether oxygens (including phenoxy) is 1. The number of aryl methyl sites for hydroxylation is 1. The molecule has 1 aliphatic carbocycles. The molecule has 1 fully saturated rings. The van der Waals surface area contributed by atoms with Gasteiger partial charge in [0.15, 0.2) is 0 Å². The summed E-state index contributed by atoms with van der Waals surface area (Å²) < 4.78 is 33.7. The van der Waals surface area contributed by atoms with Crippen LogP contribution in [0.25, 0.3) is 22.2 Å². The Morgan fingerprint density at radius 1 is 1.14 bits per heavy atom. The topological polar surface area (TPSA) is 103 Å². The van der Waals surface area contributed by atoms with Gasteiger partial charge in [0, 0.05) is 42.6 Å². The second-order valence-electron chi connectivity index (χ2n) is 8.91. The van der Waals surface area contributed by atoms with Crippen molar-refractivity contribution in [3.63, 3.8) is 0 Å². The summed E-state index contributed by atoms with van der Waals surface area (Å²) in [6, 6.07) is 16.6. The van der Waals surface area contributed by atoms with Gasteiger partial charge >= 0.3 is 13.8 Å². The lowest BCUT2D eigenvalue weighted by atomic mass is 9.92. The van der Waals surface area contributed by atoms with Gasteiger partial charge < -0.3 is 13.9 Å². The first-order valence-electron chi connectivity index (χ1n) is 12.5. The van der Waals surface area contributed by atoms with E-state index in [0.717, 1.165) is 41.4 Å². The summed E-state index contributed by atoms with van der Waals surface area (Å²) in [6.45, 7) is 4.07. The Bertz CT molecular complexity index is 1490. The van der Waals surface area contributed by atoms with Crippen LogP contribution in [0.2, 0.25) is 0 Å². The number of nitrogens with zero attached hydrogens (tertiary/aromatic N) is 4. The molecule has 37 heavy (non-hydrogen) atoms. The third kappa shape index (κ3) is 4.88. The normalized spacial score (nSPS) is 13.9. The molecule has 0 amide bonds. The van der Waals surface area contributed by atoms with Crippen LogP contribution in [0.15, 0.2) is 54.9 Å². The molecule has 0 spiro atoms. The van der Waals surface area contributed by atoms with Crippen LogP contribution in [0.5, 0.6) is 11.8 Å². The predicted octanol–water partition coefficient (Wildman–Crippen LogP) is 7.02. The van der Waals surface area contributed by atoms with Gasteiger partial charge in [0.25, 0.3) is 0 Å². The van der Waals surface area contributed by atoms with Crippen LogP contribution in [0.4, 0.5) is 5.69 Å². The predicted molar refractivity (Wildman–Crippen MR) is 143 cm³/mol. The Kier molecular flexibility index (Phi) is 7.07. The summed E-state index contributed by atoms with van der Waals surface area (Å²) in [5.41, 5.74) is 3.98. The fourth-order valence-corrected chi connectivity index (χ4v) is 5.98. The van der Waals surface area contributed by atoms with E-state index >= 15 is 0 Å². The monoisotopic (exact) mass is 519 g/mol. The van der Waals surface area contributed by atoms with Gasteiger partial charge in [0.1, 0.15) is 11.8 Å². The highest BCUT2D eigenvalue weighted by atomic mass is 31.2. The maximum atomic E-state index is 12.9. The molecule has 0 saturated heterocycles. The molecule has 0 aliphatic heterocycles. The number of rotatable bonds is 10. The van der Waals surface area contributed by atoms with E-state index < -0.39 is 7.75 Å². The maximum absolute atomic E-state index is 12.9. The minimum Gasteiger partial charge on any atom is -0.425 e. The second-order valence-corrected chi connectivity index (χ2v) is 10.6. The Hall–Kier alpha value is -3.57. The number of aromatic nitrogens is 3. The zero-order valence-electron chi connectivity index (χ0n) is 21.2. The first-order chi connectivity index (χ1) is 18.0. The average Bonchev–Trinajstić information content (AvgIpc) is 3.39. The van der Waals surface area contributed by atoms with E-state index in [4.69, 9.17) is 13.8 Å². The van der Waals surface area contributed by atoms with Crippen LogP contribution < -0.4 is 9.82 Å². The van der Waals surface area contributed by atoms with Crippen LogP contribution in [0.1, 0.15) is 44.7 Å². The highest BCUT2D eigenvalue weighted by Crippen LogP contribution is 2.48. The van der Waals surface area contributed by atoms with E-state index in [1.807, 2.05) is 60.3 Å². The zero-order valence-corrected chi connectivity index (χ0v) is 22.1. The summed E-state index contributed by atoms with van der Waals surface area (Å²) in [4.78, 5) is 4.26. The molecule has 2 heterocycles. The van der Waals surface area contributed by atoms with Crippen molar-refractivity contribution >= 4 is 24.3 Å². The first kappa shape index (κ1) is 25.1. The number of nitrogens with one attached hydrogen (secondary N) is 1. The largest absolute Gasteiger partial charge is 0.432 e. The summed E-state index contributed by atoms with van der Waals surface area (Å²) in [6.07, 6.45) is 6.78. The Labute approximate surface area is 216 Å². The van der Waals surface area contributed by atoms with Gasteiger partial charge in [-0.2, -0.15) is 5.26 Å². The van der Waals surface area contributed by atoms with Gasteiger partial charge in [-0.05, 0) is 62.9 Å². The summed E-state index contributed by atoms with van der Waals surface area (Å²) in [5.74, 6) is 0.665. The molecule has 2 aromatic heterocycles. The standard InChI is InChI=1S/C27H30N5O4P/c1-4-34-37(33,35-5-2)30-20-11-9-19(10-12-20)26-24(18-28)23-14-13-22(36-27-29-15-16-31(27)3)17-25(23)32(26)21-7-6-8-21/h9-17,21H,4-8H2,1-3H3,(H,30,33). The van der Waals surface area contributed by atoms with E-state index in [-0.39, 0.29) is 13.2 Å². The molecule has 0 bridgehead atoms. The third-order valence-corrected chi connectivity index (χ3v) is 8.26. The molecule has 4 aromatic rings. The summed E-state index contributed by atoms with van der Waals surface area (Å²) >= 11 is 0. The van der Waals surface area contributed by atoms with E-state index in [1.165, 1.54) is 0 Å². The van der Waals surface area contributed by atoms with Crippen molar-refractivity contribution in [2.45, 2.75) is 39.2 Å². The number of imidazole rings is 1. The number of fused-ring (bicyclic) bond motifs is 1. The molecule has 0 radical (unpaired) electrons. The van der Waals surface area contributed by atoms with E-state index in [2.05, 4.69) is 20.7 Å². The molecule has 0 unspecified atom stereocenters. The van der Waals surface area contributed by atoms with Gasteiger partial charge in [-0.25, -0.2) is 9.55 Å². The van der Waals surface area contributed by atoms with Crippen molar-refractivity contribution in [1.82, 2.24) is 14.1 Å². The molecule has 9 nitrogen and oxygen atoms in total. The third-order valence-electron chi connectivity index (χ3n) is 6.54. The van der Waals surface area contributed by atoms with Crippen LogP contribution in [-0.4, -0.2) is 27.3 Å². The fraction of sp³-hybridized carbons (Fsp3) is 0.333. The van der Waals surface area contributed by atoms with Gasteiger partial charge in [0.2, 0.25) is 0 Å². The number of hydrogen-bond acceptors (Lipinski definition) is 6. The average molecular weight is 520 g/mol. The number of anilines is 1. The van der Waals surface area contributed by atoms with Crippen LogP contribution in [0, 0.1) is 11.3 Å². The van der Waals surface area contributed by atoms with Crippen LogP contribution >= 0.6 is 7.75 Å². The quantitative estimate of drug-likeness (QED) is 0.224. The van der Waals surface area contributed by atoms with Crippen molar-refractivity contribution < 1.29 is 18.3 Å². The van der Waals surface area contributed by atoms with Crippen molar-refractivity contribution in [2.24, 2.45) is 7.05 Å². The summed E-state index contributed by atoms with van der Waals surface area (Å²) in [5, 5.41) is 14.0. The number of nitriles is 1. The SMILES string of the molecule is CCOP(=O)(Nc1ccc(-c2c(C#N)c3ccc(Oc4nccn4C)cc3n2C2CCC2)cc1)OCC. The van der Waals surface area contributed by atoms with Crippen LogP contribution in [0.3, 0.4) is 0 Å². The Morgan fingerprint density at radius 3 is 2.43 bits per heavy atom. The highest BCUT2D eigenvalue weighted by Gasteiger charge is 2.28. The van der Waals surface area contributed by atoms with Gasteiger partial charge in [-0.1, -0.05) is 12.1 Å². The summed E-state index contributed by atoms with van der Waals surface area (Å²) in [7, 11) is -1.57. The molecule has 1 aliphatic rings. The zero-order chi connectivity index (χ0) is 26.0.